The van der Waals surface area contributed by atoms with E-state index in [4.69, 9.17) is 0 Å². The van der Waals surface area contributed by atoms with Crippen molar-refractivity contribution in [2.75, 3.05) is 32.7 Å². The molecular formula is C21H33N3O3S. The van der Waals surface area contributed by atoms with Gasteiger partial charge in [0.15, 0.2) is 0 Å². The van der Waals surface area contributed by atoms with E-state index in [1.807, 2.05) is 0 Å². The Morgan fingerprint density at radius 2 is 1.82 bits per heavy atom. The van der Waals surface area contributed by atoms with E-state index in [1.165, 1.54) is 23.2 Å². The maximum Gasteiger partial charge on any atom is 0.251 e. The number of carbonyl (C=O) groups excluding carboxylic acids is 1. The number of rotatable bonds is 6. The van der Waals surface area contributed by atoms with Gasteiger partial charge in [-0.1, -0.05) is 19.4 Å². The number of sulfonamides is 1. The van der Waals surface area contributed by atoms with E-state index in [2.05, 4.69) is 24.1 Å². The number of carbonyl (C=O) groups is 1. The molecule has 1 aromatic carbocycles. The minimum Gasteiger partial charge on any atom is -0.350 e. The van der Waals surface area contributed by atoms with Crippen LogP contribution in [0.1, 0.15) is 56.3 Å². The third-order valence-electron chi connectivity index (χ3n) is 6.05. The first kappa shape index (κ1) is 21.3. The summed E-state index contributed by atoms with van der Waals surface area (Å²) >= 11 is 0. The molecule has 6 nitrogen and oxygen atoms in total. The van der Waals surface area contributed by atoms with Gasteiger partial charge in [-0.25, -0.2) is 8.42 Å². The monoisotopic (exact) mass is 407 g/mol. The van der Waals surface area contributed by atoms with Crippen LogP contribution in [0.5, 0.6) is 0 Å². The molecule has 1 amide bonds. The third kappa shape index (κ3) is 5.13. The Hall–Kier alpha value is -1.44. The molecule has 0 bridgehead atoms. The molecule has 1 atom stereocenters. The summed E-state index contributed by atoms with van der Waals surface area (Å²) in [5, 5.41) is 2.98. The van der Waals surface area contributed by atoms with Crippen molar-refractivity contribution in [1.82, 2.24) is 14.5 Å². The van der Waals surface area contributed by atoms with Crippen molar-refractivity contribution in [1.29, 1.82) is 0 Å². The fraction of sp³-hybridized carbons (Fsp3) is 0.667. The van der Waals surface area contributed by atoms with Crippen LogP contribution in [0.15, 0.2) is 29.2 Å². The molecule has 3 rings (SSSR count). The van der Waals surface area contributed by atoms with Crippen molar-refractivity contribution < 1.29 is 13.2 Å². The molecule has 1 unspecified atom stereocenters. The average molecular weight is 408 g/mol. The highest BCUT2D eigenvalue weighted by molar-refractivity contribution is 7.89. The van der Waals surface area contributed by atoms with Gasteiger partial charge in [-0.15, -0.1) is 0 Å². The molecule has 2 heterocycles. The highest BCUT2D eigenvalue weighted by Gasteiger charge is 2.26. The maximum atomic E-state index is 12.8. The van der Waals surface area contributed by atoms with Crippen LogP contribution in [0.25, 0.3) is 0 Å². The average Bonchev–Trinajstić information content (AvgIpc) is 2.73. The molecule has 2 aliphatic heterocycles. The molecule has 0 saturated carbocycles. The first-order valence-electron chi connectivity index (χ1n) is 10.5. The molecule has 0 aromatic heterocycles. The van der Waals surface area contributed by atoms with Gasteiger partial charge in [-0.2, -0.15) is 4.31 Å². The fourth-order valence-electron chi connectivity index (χ4n) is 3.99. The zero-order chi connectivity index (χ0) is 20.1. The minimum absolute atomic E-state index is 0.208. The zero-order valence-corrected chi connectivity index (χ0v) is 17.9. The number of benzene rings is 1. The van der Waals surface area contributed by atoms with Crippen molar-refractivity contribution >= 4 is 15.9 Å². The molecule has 1 aromatic rings. The smallest absolute Gasteiger partial charge is 0.251 e. The van der Waals surface area contributed by atoms with Gasteiger partial charge in [0.05, 0.1) is 4.90 Å². The van der Waals surface area contributed by atoms with E-state index in [9.17, 15) is 13.2 Å². The number of hydrogen-bond donors (Lipinski definition) is 1. The molecule has 0 radical (unpaired) electrons. The Balaban J connectivity index is 1.60. The van der Waals surface area contributed by atoms with Crippen LogP contribution in [0.2, 0.25) is 0 Å². The summed E-state index contributed by atoms with van der Waals surface area (Å²) in [5.41, 5.74) is 0.401. The molecule has 2 aliphatic rings. The van der Waals surface area contributed by atoms with Crippen molar-refractivity contribution in [3.8, 4) is 0 Å². The Morgan fingerprint density at radius 3 is 2.50 bits per heavy atom. The summed E-state index contributed by atoms with van der Waals surface area (Å²) in [4.78, 5) is 15.2. The fourth-order valence-corrected chi connectivity index (χ4v) is 5.56. The molecule has 2 saturated heterocycles. The zero-order valence-electron chi connectivity index (χ0n) is 17.1. The summed E-state index contributed by atoms with van der Waals surface area (Å²) in [6, 6.07) is 6.70. The van der Waals surface area contributed by atoms with Gasteiger partial charge >= 0.3 is 0 Å². The van der Waals surface area contributed by atoms with Crippen molar-refractivity contribution in [2.24, 2.45) is 5.92 Å². The Morgan fingerprint density at radius 1 is 1.14 bits per heavy atom. The SMILES string of the molecule is CC1CCN(C(C)CNC(=O)c2cccc(S(=O)(=O)N3CCCCC3)c2)CC1. The highest BCUT2D eigenvalue weighted by Crippen LogP contribution is 2.21. The second-order valence-corrected chi connectivity index (χ2v) is 10.2. The van der Waals surface area contributed by atoms with Crippen LogP contribution < -0.4 is 5.32 Å². The lowest BCUT2D eigenvalue weighted by Crippen LogP contribution is -2.45. The van der Waals surface area contributed by atoms with E-state index >= 15 is 0 Å². The molecule has 2 fully saturated rings. The van der Waals surface area contributed by atoms with Gasteiger partial charge in [0.1, 0.15) is 0 Å². The molecule has 7 heteroatoms. The molecule has 0 spiro atoms. The van der Waals surface area contributed by atoms with Crippen LogP contribution in [0.3, 0.4) is 0 Å². The molecule has 156 valence electrons. The Labute approximate surface area is 169 Å². The number of nitrogens with one attached hydrogen (secondary N) is 1. The largest absolute Gasteiger partial charge is 0.350 e. The Bertz CT molecular complexity index is 767. The van der Waals surface area contributed by atoms with Crippen LogP contribution >= 0.6 is 0 Å². The predicted molar refractivity (Wildman–Crippen MR) is 111 cm³/mol. The highest BCUT2D eigenvalue weighted by atomic mass is 32.2. The van der Waals surface area contributed by atoms with Gasteiger partial charge in [-0.3, -0.25) is 9.69 Å². The van der Waals surface area contributed by atoms with Crippen LogP contribution in [-0.4, -0.2) is 62.3 Å². The number of hydrogen-bond acceptors (Lipinski definition) is 4. The summed E-state index contributed by atoms with van der Waals surface area (Å²) in [6.07, 6.45) is 5.27. The number of amides is 1. The van der Waals surface area contributed by atoms with Gasteiger partial charge in [0, 0.05) is 31.2 Å². The maximum absolute atomic E-state index is 12.8. The topological polar surface area (TPSA) is 69.7 Å². The number of nitrogens with zero attached hydrogens (tertiary/aromatic N) is 2. The van der Waals surface area contributed by atoms with Gasteiger partial charge < -0.3 is 5.32 Å². The van der Waals surface area contributed by atoms with E-state index in [-0.39, 0.29) is 16.8 Å². The standard InChI is InChI=1S/C21H33N3O3S/c1-17-9-13-23(14-10-17)18(2)16-22-21(25)19-7-6-8-20(15-19)28(26,27)24-11-4-3-5-12-24/h6-8,15,17-18H,3-5,9-14,16H2,1-2H3,(H,22,25). The molecule has 0 aliphatic carbocycles. The van der Waals surface area contributed by atoms with Crippen LogP contribution in [0.4, 0.5) is 0 Å². The lowest BCUT2D eigenvalue weighted by atomic mass is 9.98. The molecule has 28 heavy (non-hydrogen) atoms. The minimum atomic E-state index is -3.53. The van der Waals surface area contributed by atoms with Gasteiger partial charge in [0.2, 0.25) is 10.0 Å². The van der Waals surface area contributed by atoms with E-state index in [0.29, 0.717) is 25.2 Å². The summed E-state index contributed by atoms with van der Waals surface area (Å²) in [5.74, 6) is 0.565. The lowest BCUT2D eigenvalue weighted by Gasteiger charge is -2.35. The van der Waals surface area contributed by atoms with Crippen molar-refractivity contribution in [2.45, 2.75) is 56.9 Å². The number of piperidine rings is 2. The summed E-state index contributed by atoms with van der Waals surface area (Å²) in [7, 11) is -3.53. The van der Waals surface area contributed by atoms with Crippen LogP contribution in [-0.2, 0) is 10.0 Å². The Kier molecular flexibility index (Phi) is 7.12. The first-order chi connectivity index (χ1) is 13.4. The normalized spacial score (nSPS) is 21.4. The third-order valence-corrected chi connectivity index (χ3v) is 7.94. The van der Waals surface area contributed by atoms with Gasteiger partial charge in [0.25, 0.3) is 5.91 Å². The molecular weight excluding hydrogens is 374 g/mol. The second-order valence-electron chi connectivity index (χ2n) is 8.27. The quantitative estimate of drug-likeness (QED) is 0.787. The van der Waals surface area contributed by atoms with Crippen molar-refractivity contribution in [3.63, 3.8) is 0 Å². The number of likely N-dealkylation sites (tertiary alicyclic amines) is 1. The van der Waals surface area contributed by atoms with Gasteiger partial charge in [-0.05, 0) is 69.8 Å². The summed E-state index contributed by atoms with van der Waals surface area (Å²) in [6.45, 7) is 8.25. The van der Waals surface area contributed by atoms with E-state index in [1.54, 1.807) is 18.2 Å². The van der Waals surface area contributed by atoms with Crippen LogP contribution in [0, 0.1) is 5.92 Å². The predicted octanol–water partition coefficient (Wildman–Crippen LogP) is 2.71. The first-order valence-corrected chi connectivity index (χ1v) is 11.9. The summed E-state index contributed by atoms with van der Waals surface area (Å²) < 4.78 is 27.2. The lowest BCUT2D eigenvalue weighted by molar-refractivity contribution is 0.0921. The molecule has 1 N–H and O–H groups in total. The van der Waals surface area contributed by atoms with Crippen molar-refractivity contribution in [3.05, 3.63) is 29.8 Å². The second kappa shape index (κ2) is 9.37. The van der Waals surface area contributed by atoms with E-state index in [0.717, 1.165) is 38.3 Å². The van der Waals surface area contributed by atoms with E-state index < -0.39 is 10.0 Å².